The van der Waals surface area contributed by atoms with Crippen molar-refractivity contribution in [3.8, 4) is 0 Å². The third-order valence-corrected chi connectivity index (χ3v) is 4.43. The molecule has 0 amide bonds. The van der Waals surface area contributed by atoms with Gasteiger partial charge in [-0.3, -0.25) is 4.57 Å². The smallest absolute Gasteiger partial charge is 0.167 e. The Morgan fingerprint density at radius 3 is 2.90 bits per heavy atom. The van der Waals surface area contributed by atoms with E-state index in [1.807, 2.05) is 0 Å². The maximum Gasteiger partial charge on any atom is 0.167 e. The zero-order chi connectivity index (χ0) is 14.8. The van der Waals surface area contributed by atoms with Crippen molar-refractivity contribution in [1.29, 1.82) is 0 Å². The van der Waals surface area contributed by atoms with Gasteiger partial charge in [-0.25, -0.2) is 15.0 Å². The summed E-state index contributed by atoms with van der Waals surface area (Å²) in [5.41, 5.74) is 5.69. The highest BCUT2D eigenvalue weighted by Crippen LogP contribution is 2.57. The van der Waals surface area contributed by atoms with Crippen molar-refractivity contribution in [3.05, 3.63) is 12.7 Å². The summed E-state index contributed by atoms with van der Waals surface area (Å²) in [6.07, 6.45) is 0.257. The minimum absolute atomic E-state index is 0.0870. The summed E-state index contributed by atoms with van der Waals surface area (Å²) in [6, 6.07) is 0. The Balaban J connectivity index is 1.75. The Hall–Kier alpha value is -1.81. The lowest BCUT2D eigenvalue weighted by atomic mass is 10.1. The van der Waals surface area contributed by atoms with Gasteiger partial charge < -0.3 is 25.8 Å². The number of imidazole rings is 1. The first-order valence-electron chi connectivity index (χ1n) is 6.66. The topological polar surface area (TPSA) is 140 Å². The Morgan fingerprint density at radius 2 is 2.19 bits per heavy atom. The molecule has 1 aliphatic carbocycles. The van der Waals surface area contributed by atoms with Gasteiger partial charge in [-0.15, -0.1) is 0 Å². The second kappa shape index (κ2) is 4.10. The van der Waals surface area contributed by atoms with E-state index < -0.39 is 24.0 Å². The van der Waals surface area contributed by atoms with Gasteiger partial charge >= 0.3 is 0 Å². The second-order valence-corrected chi connectivity index (χ2v) is 5.57. The van der Waals surface area contributed by atoms with Crippen molar-refractivity contribution >= 4 is 17.0 Å². The third-order valence-electron chi connectivity index (χ3n) is 4.43. The predicted octanol–water partition coefficient (Wildman–Crippen LogP) is -1.59. The molecule has 1 saturated carbocycles. The van der Waals surface area contributed by atoms with Crippen molar-refractivity contribution < 1.29 is 20.1 Å². The van der Waals surface area contributed by atoms with Crippen molar-refractivity contribution in [2.24, 2.45) is 5.92 Å². The molecule has 4 rings (SSSR count). The van der Waals surface area contributed by atoms with E-state index in [-0.39, 0.29) is 18.3 Å². The predicted molar refractivity (Wildman–Crippen MR) is 69.8 cm³/mol. The lowest BCUT2D eigenvalue weighted by molar-refractivity contribution is -0.0563. The molecule has 9 nitrogen and oxygen atoms in total. The van der Waals surface area contributed by atoms with Gasteiger partial charge in [0.05, 0.1) is 6.33 Å². The standard InChI is InChI=1S/C12H15N5O4/c13-9-6-10(15-3-14-9)17(4-16-6)11-7(19)8(20)12(21-11)1-5(12)2-18/h3-5,7-8,11,18-20H,1-2H2,(H2,13,14,15)/t5-,7?,8+,11?,12+/m0/s1. The lowest BCUT2D eigenvalue weighted by Gasteiger charge is -2.16. The Kier molecular flexibility index (Phi) is 2.52. The number of nitrogens with two attached hydrogens (primary N) is 1. The Morgan fingerprint density at radius 1 is 1.38 bits per heavy atom. The van der Waals surface area contributed by atoms with Gasteiger partial charge in [0, 0.05) is 12.5 Å². The van der Waals surface area contributed by atoms with Crippen LogP contribution in [0.25, 0.3) is 11.2 Å². The van der Waals surface area contributed by atoms with Crippen LogP contribution in [0.2, 0.25) is 0 Å². The third kappa shape index (κ3) is 1.57. The fourth-order valence-electron chi connectivity index (χ4n) is 3.14. The number of anilines is 1. The number of aliphatic hydroxyl groups is 3. The highest BCUT2D eigenvalue weighted by molar-refractivity contribution is 5.81. The van der Waals surface area contributed by atoms with Crippen LogP contribution in [0.4, 0.5) is 5.82 Å². The monoisotopic (exact) mass is 293 g/mol. The number of hydrogen-bond donors (Lipinski definition) is 4. The molecule has 2 aliphatic rings. The van der Waals surface area contributed by atoms with Gasteiger partial charge in [0.2, 0.25) is 0 Å². The van der Waals surface area contributed by atoms with Gasteiger partial charge in [0.15, 0.2) is 17.7 Å². The molecule has 3 heterocycles. The Labute approximate surface area is 119 Å². The van der Waals surface area contributed by atoms with Crippen LogP contribution in [0.1, 0.15) is 12.6 Å². The fraction of sp³-hybridized carbons (Fsp3) is 0.583. The van der Waals surface area contributed by atoms with Crippen LogP contribution < -0.4 is 5.73 Å². The molecule has 9 heteroatoms. The van der Waals surface area contributed by atoms with Crippen LogP contribution in [-0.4, -0.2) is 59.3 Å². The number of hydrogen-bond acceptors (Lipinski definition) is 8. The maximum atomic E-state index is 10.3. The van der Waals surface area contributed by atoms with Crippen molar-refractivity contribution in [2.45, 2.75) is 30.5 Å². The summed E-state index contributed by atoms with van der Waals surface area (Å²) in [6.45, 7) is -0.0870. The molecule has 21 heavy (non-hydrogen) atoms. The summed E-state index contributed by atoms with van der Waals surface area (Å²) >= 11 is 0. The summed E-state index contributed by atoms with van der Waals surface area (Å²) < 4.78 is 7.37. The first-order valence-corrected chi connectivity index (χ1v) is 6.66. The molecule has 112 valence electrons. The van der Waals surface area contributed by atoms with Crippen LogP contribution in [0, 0.1) is 5.92 Å². The minimum atomic E-state index is -1.13. The number of fused-ring (bicyclic) bond motifs is 1. The summed E-state index contributed by atoms with van der Waals surface area (Å²) in [5.74, 6) is 0.0720. The molecule has 0 radical (unpaired) electrons. The molecule has 2 unspecified atom stereocenters. The maximum absolute atomic E-state index is 10.3. The van der Waals surface area contributed by atoms with Crippen LogP contribution in [-0.2, 0) is 4.74 Å². The van der Waals surface area contributed by atoms with Crippen molar-refractivity contribution in [3.63, 3.8) is 0 Å². The molecular weight excluding hydrogens is 278 g/mol. The fourth-order valence-corrected chi connectivity index (χ4v) is 3.14. The van der Waals surface area contributed by atoms with E-state index in [4.69, 9.17) is 10.5 Å². The first kappa shape index (κ1) is 12.9. The normalized spacial score (nSPS) is 38.4. The van der Waals surface area contributed by atoms with Gasteiger partial charge in [-0.2, -0.15) is 0 Å². The Bertz CT molecular complexity index is 706. The van der Waals surface area contributed by atoms with Crippen LogP contribution in [0.15, 0.2) is 12.7 Å². The van der Waals surface area contributed by atoms with E-state index >= 15 is 0 Å². The van der Waals surface area contributed by atoms with E-state index in [1.54, 1.807) is 0 Å². The van der Waals surface area contributed by atoms with Gasteiger partial charge in [-0.05, 0) is 6.42 Å². The van der Waals surface area contributed by atoms with E-state index in [1.165, 1.54) is 17.2 Å². The number of rotatable bonds is 2. The number of aromatic nitrogens is 4. The second-order valence-electron chi connectivity index (χ2n) is 5.57. The first-order chi connectivity index (χ1) is 10.1. The summed E-state index contributed by atoms with van der Waals surface area (Å²) in [5, 5.41) is 29.7. The highest BCUT2D eigenvalue weighted by atomic mass is 16.6. The summed E-state index contributed by atoms with van der Waals surface area (Å²) in [4.78, 5) is 12.1. The van der Waals surface area contributed by atoms with Crippen LogP contribution in [0.5, 0.6) is 0 Å². The van der Waals surface area contributed by atoms with E-state index in [2.05, 4.69) is 15.0 Å². The van der Waals surface area contributed by atoms with Gasteiger partial charge in [-0.1, -0.05) is 0 Å². The van der Waals surface area contributed by atoms with E-state index in [0.717, 1.165) is 0 Å². The van der Waals surface area contributed by atoms with Crippen molar-refractivity contribution in [2.75, 3.05) is 12.3 Å². The zero-order valence-corrected chi connectivity index (χ0v) is 11.0. The minimum Gasteiger partial charge on any atom is -0.396 e. The number of ether oxygens (including phenoxy) is 1. The SMILES string of the molecule is Nc1ncnc2c1ncn2C1O[C@@]2(C[C@H]2CO)[C@H](O)C1O. The molecule has 2 aromatic rings. The number of nitrogen functional groups attached to an aromatic ring is 1. The molecular formula is C12H15N5O4. The molecule has 1 spiro atoms. The number of nitrogens with zero attached hydrogens (tertiary/aromatic N) is 4. The van der Waals surface area contributed by atoms with Crippen molar-refractivity contribution in [1.82, 2.24) is 19.5 Å². The molecule has 1 aliphatic heterocycles. The zero-order valence-electron chi connectivity index (χ0n) is 11.0. The largest absolute Gasteiger partial charge is 0.396 e. The molecule has 5 atom stereocenters. The average molecular weight is 293 g/mol. The highest BCUT2D eigenvalue weighted by Gasteiger charge is 2.68. The molecule has 0 aromatic carbocycles. The lowest BCUT2D eigenvalue weighted by Crippen LogP contribution is -2.34. The van der Waals surface area contributed by atoms with Gasteiger partial charge in [0.1, 0.15) is 29.7 Å². The van der Waals surface area contributed by atoms with E-state index in [0.29, 0.717) is 17.6 Å². The quantitative estimate of drug-likeness (QED) is 0.519. The molecule has 2 fully saturated rings. The summed E-state index contributed by atoms with van der Waals surface area (Å²) in [7, 11) is 0. The van der Waals surface area contributed by atoms with Crippen LogP contribution in [0.3, 0.4) is 0 Å². The average Bonchev–Trinajstić information content (AvgIpc) is 2.94. The number of aliphatic hydroxyl groups excluding tert-OH is 3. The van der Waals surface area contributed by atoms with Crippen LogP contribution >= 0.6 is 0 Å². The van der Waals surface area contributed by atoms with Gasteiger partial charge in [0.25, 0.3) is 0 Å². The van der Waals surface area contributed by atoms with E-state index in [9.17, 15) is 15.3 Å². The molecule has 0 bridgehead atoms. The molecule has 1 saturated heterocycles. The molecule has 2 aromatic heterocycles. The molecule has 5 N–H and O–H groups in total.